The monoisotopic (exact) mass is 266 g/mol. The average molecular weight is 266 g/mol. The summed E-state index contributed by atoms with van der Waals surface area (Å²) in [5, 5.41) is 12.6. The Morgan fingerprint density at radius 3 is 2.68 bits per heavy atom. The van der Waals surface area contributed by atoms with Crippen LogP contribution in [0.15, 0.2) is 6.07 Å². The van der Waals surface area contributed by atoms with Gasteiger partial charge in [-0.15, -0.1) is 0 Å². The normalized spacial score (nSPS) is 12.3. The van der Waals surface area contributed by atoms with Crippen molar-refractivity contribution in [3.8, 4) is 0 Å². The first-order valence-electron chi connectivity index (χ1n) is 7.07. The second kappa shape index (κ2) is 7.94. The van der Waals surface area contributed by atoms with Crippen molar-refractivity contribution in [2.75, 3.05) is 30.4 Å². The lowest BCUT2D eigenvalue weighted by molar-refractivity contribution is 0.187. The number of nitrogens with zero attached hydrogens (tertiary/aromatic N) is 3. The van der Waals surface area contributed by atoms with E-state index in [1.807, 2.05) is 13.1 Å². The van der Waals surface area contributed by atoms with Crippen LogP contribution in [-0.2, 0) is 6.42 Å². The molecule has 0 saturated heterocycles. The Kier molecular flexibility index (Phi) is 6.56. The molecule has 0 radical (unpaired) electrons. The van der Waals surface area contributed by atoms with Crippen LogP contribution in [0.25, 0.3) is 0 Å². The van der Waals surface area contributed by atoms with Crippen LogP contribution in [0.4, 0.5) is 11.6 Å². The van der Waals surface area contributed by atoms with Gasteiger partial charge in [-0.25, -0.2) is 9.97 Å². The van der Waals surface area contributed by atoms with E-state index in [9.17, 15) is 5.11 Å². The highest BCUT2D eigenvalue weighted by Gasteiger charge is 2.09. The van der Waals surface area contributed by atoms with Gasteiger partial charge in [0.15, 0.2) is 0 Å². The third-order valence-electron chi connectivity index (χ3n) is 2.86. The van der Waals surface area contributed by atoms with Gasteiger partial charge >= 0.3 is 0 Å². The Hall–Kier alpha value is -1.36. The summed E-state index contributed by atoms with van der Waals surface area (Å²) in [5.41, 5.74) is 0. The maximum absolute atomic E-state index is 9.35. The number of aromatic nitrogens is 2. The maximum atomic E-state index is 9.35. The first-order chi connectivity index (χ1) is 9.06. The van der Waals surface area contributed by atoms with Gasteiger partial charge in [-0.2, -0.15) is 0 Å². The van der Waals surface area contributed by atoms with Crippen molar-refractivity contribution in [3.05, 3.63) is 11.9 Å². The molecule has 5 nitrogen and oxygen atoms in total. The molecule has 108 valence electrons. The molecule has 0 aromatic carbocycles. The number of aliphatic hydroxyl groups is 1. The van der Waals surface area contributed by atoms with E-state index in [1.54, 1.807) is 6.92 Å². The zero-order valence-corrected chi connectivity index (χ0v) is 12.5. The topological polar surface area (TPSA) is 61.3 Å². The SMILES string of the molecule is CCCc1nc(NCC)cc(N(C)CCC(C)O)n1. The van der Waals surface area contributed by atoms with E-state index in [2.05, 4.69) is 34.0 Å². The zero-order chi connectivity index (χ0) is 14.3. The molecule has 0 spiro atoms. The fourth-order valence-corrected chi connectivity index (χ4v) is 1.78. The summed E-state index contributed by atoms with van der Waals surface area (Å²) in [4.78, 5) is 11.1. The van der Waals surface area contributed by atoms with E-state index < -0.39 is 0 Å². The van der Waals surface area contributed by atoms with Crippen LogP contribution < -0.4 is 10.2 Å². The molecule has 1 aromatic rings. The van der Waals surface area contributed by atoms with E-state index in [4.69, 9.17) is 0 Å². The number of aliphatic hydroxyl groups excluding tert-OH is 1. The van der Waals surface area contributed by atoms with Gasteiger partial charge in [-0.3, -0.25) is 0 Å². The minimum atomic E-state index is -0.285. The Balaban J connectivity index is 2.84. The highest BCUT2D eigenvalue weighted by Crippen LogP contribution is 2.16. The number of anilines is 2. The Morgan fingerprint density at radius 1 is 1.37 bits per heavy atom. The molecule has 19 heavy (non-hydrogen) atoms. The molecule has 0 bridgehead atoms. The number of rotatable bonds is 8. The van der Waals surface area contributed by atoms with Gasteiger partial charge in [0.05, 0.1) is 6.10 Å². The smallest absolute Gasteiger partial charge is 0.134 e. The predicted molar refractivity (Wildman–Crippen MR) is 79.8 cm³/mol. The van der Waals surface area contributed by atoms with Crippen LogP contribution in [0.3, 0.4) is 0 Å². The van der Waals surface area contributed by atoms with Crippen molar-refractivity contribution in [1.29, 1.82) is 0 Å². The van der Waals surface area contributed by atoms with Crippen molar-refractivity contribution in [3.63, 3.8) is 0 Å². The van der Waals surface area contributed by atoms with Crippen LogP contribution in [0.2, 0.25) is 0 Å². The highest BCUT2D eigenvalue weighted by molar-refractivity contribution is 5.49. The van der Waals surface area contributed by atoms with Crippen molar-refractivity contribution in [1.82, 2.24) is 9.97 Å². The lowest BCUT2D eigenvalue weighted by atomic mass is 10.2. The summed E-state index contributed by atoms with van der Waals surface area (Å²) < 4.78 is 0. The van der Waals surface area contributed by atoms with Gasteiger partial charge in [-0.1, -0.05) is 6.92 Å². The third kappa shape index (κ3) is 5.42. The summed E-state index contributed by atoms with van der Waals surface area (Å²) in [5.74, 6) is 2.66. The standard InChI is InChI=1S/C14H26N4O/c1-5-7-12-16-13(15-6-2)10-14(17-12)18(4)9-8-11(3)19/h10-11,19H,5-9H2,1-4H3,(H,15,16,17). The average Bonchev–Trinajstić information content (AvgIpc) is 2.36. The van der Waals surface area contributed by atoms with E-state index >= 15 is 0 Å². The molecule has 5 heteroatoms. The molecular formula is C14H26N4O. The summed E-state index contributed by atoms with van der Waals surface area (Å²) in [6.07, 6.45) is 2.37. The summed E-state index contributed by atoms with van der Waals surface area (Å²) in [6, 6.07) is 1.96. The van der Waals surface area contributed by atoms with Gasteiger partial charge in [-0.05, 0) is 26.7 Å². The second-order valence-electron chi connectivity index (χ2n) is 4.87. The Labute approximate surface area is 116 Å². The van der Waals surface area contributed by atoms with E-state index in [0.29, 0.717) is 0 Å². The Bertz CT molecular complexity index is 357. The molecule has 0 saturated carbocycles. The van der Waals surface area contributed by atoms with Crippen LogP contribution in [0, 0.1) is 0 Å². The van der Waals surface area contributed by atoms with E-state index in [1.165, 1.54) is 0 Å². The summed E-state index contributed by atoms with van der Waals surface area (Å²) in [6.45, 7) is 7.62. The maximum Gasteiger partial charge on any atom is 0.134 e. The van der Waals surface area contributed by atoms with Crippen molar-refractivity contribution in [2.45, 2.75) is 46.1 Å². The number of hydrogen-bond donors (Lipinski definition) is 2. The molecular weight excluding hydrogens is 240 g/mol. The number of hydrogen-bond acceptors (Lipinski definition) is 5. The molecule has 0 aliphatic heterocycles. The van der Waals surface area contributed by atoms with Crippen LogP contribution in [-0.4, -0.2) is 41.3 Å². The quantitative estimate of drug-likeness (QED) is 0.754. The van der Waals surface area contributed by atoms with E-state index in [0.717, 1.165) is 49.8 Å². The molecule has 1 unspecified atom stereocenters. The van der Waals surface area contributed by atoms with Gasteiger partial charge in [0, 0.05) is 32.6 Å². The molecule has 1 atom stereocenters. The van der Waals surface area contributed by atoms with Gasteiger partial charge in [0.25, 0.3) is 0 Å². The fourth-order valence-electron chi connectivity index (χ4n) is 1.78. The molecule has 0 aliphatic rings. The minimum Gasteiger partial charge on any atom is -0.393 e. The molecule has 0 amide bonds. The molecule has 2 N–H and O–H groups in total. The zero-order valence-electron chi connectivity index (χ0n) is 12.5. The molecule has 1 rings (SSSR count). The largest absolute Gasteiger partial charge is 0.393 e. The second-order valence-corrected chi connectivity index (χ2v) is 4.87. The van der Waals surface area contributed by atoms with Gasteiger partial charge in [0.2, 0.25) is 0 Å². The molecule has 1 heterocycles. The Morgan fingerprint density at radius 2 is 2.11 bits per heavy atom. The van der Waals surface area contributed by atoms with Crippen LogP contribution in [0.1, 0.15) is 39.4 Å². The molecule has 1 aromatic heterocycles. The third-order valence-corrected chi connectivity index (χ3v) is 2.86. The predicted octanol–water partition coefficient (Wildman–Crippen LogP) is 2.07. The van der Waals surface area contributed by atoms with Crippen molar-refractivity contribution >= 4 is 11.6 Å². The van der Waals surface area contributed by atoms with Gasteiger partial charge < -0.3 is 15.3 Å². The lowest BCUT2D eigenvalue weighted by Gasteiger charge is -2.20. The highest BCUT2D eigenvalue weighted by atomic mass is 16.3. The van der Waals surface area contributed by atoms with Crippen LogP contribution in [0.5, 0.6) is 0 Å². The molecule has 0 aliphatic carbocycles. The summed E-state index contributed by atoms with van der Waals surface area (Å²) >= 11 is 0. The van der Waals surface area contributed by atoms with E-state index in [-0.39, 0.29) is 6.10 Å². The number of aryl methyl sites for hydroxylation is 1. The van der Waals surface area contributed by atoms with Crippen molar-refractivity contribution in [2.24, 2.45) is 0 Å². The van der Waals surface area contributed by atoms with Gasteiger partial charge in [0.1, 0.15) is 17.5 Å². The fraction of sp³-hybridized carbons (Fsp3) is 0.714. The van der Waals surface area contributed by atoms with Crippen LogP contribution >= 0.6 is 0 Å². The first-order valence-corrected chi connectivity index (χ1v) is 7.07. The molecule has 0 fully saturated rings. The minimum absolute atomic E-state index is 0.285. The summed E-state index contributed by atoms with van der Waals surface area (Å²) in [7, 11) is 2.00. The first kappa shape index (κ1) is 15.7. The lowest BCUT2D eigenvalue weighted by Crippen LogP contribution is -2.23. The van der Waals surface area contributed by atoms with Crippen molar-refractivity contribution < 1.29 is 5.11 Å². The number of nitrogens with one attached hydrogen (secondary N) is 1.